The van der Waals surface area contributed by atoms with Crippen LogP contribution in [-0.4, -0.2) is 37.2 Å². The number of benzene rings is 1. The first-order valence-corrected chi connectivity index (χ1v) is 8.87. The van der Waals surface area contributed by atoms with E-state index in [0.717, 1.165) is 0 Å². The molecule has 6 heteroatoms. The number of sulfone groups is 1. The molecule has 100 valence electrons. The van der Waals surface area contributed by atoms with Crippen molar-refractivity contribution in [1.29, 1.82) is 0 Å². The third-order valence-corrected chi connectivity index (χ3v) is 4.89. The molecule has 1 aromatic rings. The number of halogens is 1. The Labute approximate surface area is 117 Å². The number of hydrogen-bond donors (Lipinski definition) is 0. The van der Waals surface area contributed by atoms with Gasteiger partial charge in [0.1, 0.15) is 9.84 Å². The number of hydrogen-bond acceptors (Lipinski definition) is 4. The number of thioether (sulfide) groups is 1. The van der Waals surface area contributed by atoms with Crippen LogP contribution in [0.25, 0.3) is 0 Å². The summed E-state index contributed by atoms with van der Waals surface area (Å²) in [7, 11) is -2.97. The molecule has 18 heavy (non-hydrogen) atoms. The standard InChI is InChI=1S/C12H15ClO3S2/c1-9(17-6-7-18(2,15)16)12(14)10-4-3-5-11(13)8-10/h3-5,8-9H,6-7H2,1-2H3. The average Bonchev–Trinajstić information content (AvgIpc) is 2.26. The summed E-state index contributed by atoms with van der Waals surface area (Å²) in [5.41, 5.74) is 0.557. The third kappa shape index (κ3) is 5.42. The van der Waals surface area contributed by atoms with E-state index in [1.165, 1.54) is 18.0 Å². The summed E-state index contributed by atoms with van der Waals surface area (Å²) in [6.45, 7) is 1.77. The smallest absolute Gasteiger partial charge is 0.175 e. The first kappa shape index (κ1) is 15.5. The molecular weight excluding hydrogens is 292 g/mol. The number of carbonyl (C=O) groups is 1. The van der Waals surface area contributed by atoms with E-state index in [9.17, 15) is 13.2 Å². The summed E-state index contributed by atoms with van der Waals surface area (Å²) in [4.78, 5) is 12.0. The van der Waals surface area contributed by atoms with E-state index in [1.807, 2.05) is 0 Å². The maximum Gasteiger partial charge on any atom is 0.175 e. The molecule has 0 fully saturated rings. The highest BCUT2D eigenvalue weighted by molar-refractivity contribution is 8.01. The van der Waals surface area contributed by atoms with E-state index in [-0.39, 0.29) is 16.8 Å². The Hall–Kier alpha value is -0.520. The van der Waals surface area contributed by atoms with Crippen molar-refractivity contribution < 1.29 is 13.2 Å². The van der Waals surface area contributed by atoms with Crippen LogP contribution in [0.3, 0.4) is 0 Å². The Morgan fingerprint density at radius 1 is 1.44 bits per heavy atom. The fourth-order valence-electron chi connectivity index (χ4n) is 1.33. The minimum atomic E-state index is -2.97. The van der Waals surface area contributed by atoms with Crippen LogP contribution < -0.4 is 0 Å². The van der Waals surface area contributed by atoms with Gasteiger partial charge >= 0.3 is 0 Å². The summed E-state index contributed by atoms with van der Waals surface area (Å²) in [5.74, 6) is 0.480. The van der Waals surface area contributed by atoms with Crippen molar-refractivity contribution in [3.05, 3.63) is 34.9 Å². The average molecular weight is 307 g/mol. The van der Waals surface area contributed by atoms with Crippen LogP contribution in [-0.2, 0) is 9.84 Å². The summed E-state index contributed by atoms with van der Waals surface area (Å²) < 4.78 is 22.0. The molecule has 0 aliphatic heterocycles. The van der Waals surface area contributed by atoms with Gasteiger partial charge in [-0.05, 0) is 19.1 Å². The Morgan fingerprint density at radius 2 is 2.11 bits per heavy atom. The van der Waals surface area contributed by atoms with Gasteiger partial charge in [-0.1, -0.05) is 23.7 Å². The lowest BCUT2D eigenvalue weighted by atomic mass is 10.1. The Morgan fingerprint density at radius 3 is 2.67 bits per heavy atom. The maximum atomic E-state index is 12.0. The van der Waals surface area contributed by atoms with Gasteiger partial charge < -0.3 is 0 Å². The van der Waals surface area contributed by atoms with Crippen molar-refractivity contribution in [2.45, 2.75) is 12.2 Å². The first-order chi connectivity index (χ1) is 8.29. The third-order valence-electron chi connectivity index (χ3n) is 2.30. The first-order valence-electron chi connectivity index (χ1n) is 5.39. The molecule has 3 nitrogen and oxygen atoms in total. The van der Waals surface area contributed by atoms with Crippen molar-refractivity contribution in [2.75, 3.05) is 17.8 Å². The molecule has 0 N–H and O–H groups in total. The molecule has 0 aliphatic rings. The highest BCUT2D eigenvalue weighted by Gasteiger charge is 2.16. The fraction of sp³-hybridized carbons (Fsp3) is 0.417. The van der Waals surface area contributed by atoms with Crippen LogP contribution in [0.2, 0.25) is 5.02 Å². The van der Waals surface area contributed by atoms with Crippen LogP contribution >= 0.6 is 23.4 Å². The van der Waals surface area contributed by atoms with E-state index in [0.29, 0.717) is 16.3 Å². The molecule has 1 rings (SSSR count). The fourth-order valence-corrected chi connectivity index (χ4v) is 3.76. The van der Waals surface area contributed by atoms with Gasteiger partial charge in [0.25, 0.3) is 0 Å². The van der Waals surface area contributed by atoms with Crippen LogP contribution in [0, 0.1) is 0 Å². The SMILES string of the molecule is CC(SCCS(C)(=O)=O)C(=O)c1cccc(Cl)c1. The molecule has 0 saturated carbocycles. The lowest BCUT2D eigenvalue weighted by Gasteiger charge is -2.10. The lowest BCUT2D eigenvalue weighted by Crippen LogP contribution is -2.16. The highest BCUT2D eigenvalue weighted by atomic mass is 35.5. The van der Waals surface area contributed by atoms with E-state index in [1.54, 1.807) is 31.2 Å². The molecule has 0 radical (unpaired) electrons. The van der Waals surface area contributed by atoms with Gasteiger partial charge in [-0.15, -0.1) is 11.8 Å². The minimum absolute atomic E-state index is 0.0315. The Kier molecular flexibility index (Phi) is 5.69. The Balaban J connectivity index is 2.57. The lowest BCUT2D eigenvalue weighted by molar-refractivity contribution is 0.0994. The predicted molar refractivity (Wildman–Crippen MR) is 77.4 cm³/mol. The largest absolute Gasteiger partial charge is 0.293 e. The maximum absolute atomic E-state index is 12.0. The van der Waals surface area contributed by atoms with Crippen LogP contribution in [0.4, 0.5) is 0 Å². The molecule has 0 aliphatic carbocycles. The number of rotatable bonds is 6. The van der Waals surface area contributed by atoms with E-state index < -0.39 is 9.84 Å². The molecule has 0 bridgehead atoms. The monoisotopic (exact) mass is 306 g/mol. The van der Waals surface area contributed by atoms with Crippen molar-refractivity contribution >= 4 is 39.0 Å². The van der Waals surface area contributed by atoms with Crippen LogP contribution in [0.1, 0.15) is 17.3 Å². The van der Waals surface area contributed by atoms with Gasteiger partial charge in [-0.3, -0.25) is 4.79 Å². The van der Waals surface area contributed by atoms with Gasteiger partial charge in [0.05, 0.1) is 11.0 Å². The van der Waals surface area contributed by atoms with Gasteiger partial charge in [0.2, 0.25) is 0 Å². The summed E-state index contributed by atoms with van der Waals surface area (Å²) in [6.07, 6.45) is 1.19. The second-order valence-corrected chi connectivity index (χ2v) is 8.16. The second kappa shape index (κ2) is 6.59. The second-order valence-electron chi connectivity index (χ2n) is 4.02. The zero-order valence-corrected chi connectivity index (χ0v) is 12.6. The molecule has 0 heterocycles. The zero-order chi connectivity index (χ0) is 13.8. The minimum Gasteiger partial charge on any atom is -0.293 e. The topological polar surface area (TPSA) is 51.2 Å². The molecule has 0 aromatic heterocycles. The molecule has 1 atom stereocenters. The van der Waals surface area contributed by atoms with Gasteiger partial charge in [0, 0.05) is 22.6 Å². The number of carbonyl (C=O) groups excluding carboxylic acids is 1. The van der Waals surface area contributed by atoms with Crippen molar-refractivity contribution in [3.8, 4) is 0 Å². The Bertz CT molecular complexity index is 526. The summed E-state index contributed by atoms with van der Waals surface area (Å²) in [5, 5.41) is 0.249. The molecule has 0 spiro atoms. The molecule has 0 amide bonds. The quantitative estimate of drug-likeness (QED) is 0.758. The van der Waals surface area contributed by atoms with Crippen LogP contribution in [0.5, 0.6) is 0 Å². The van der Waals surface area contributed by atoms with Crippen LogP contribution in [0.15, 0.2) is 24.3 Å². The summed E-state index contributed by atoms with van der Waals surface area (Å²) in [6, 6.07) is 6.77. The molecule has 1 unspecified atom stereocenters. The zero-order valence-electron chi connectivity index (χ0n) is 10.2. The molecular formula is C12H15ClO3S2. The molecule has 1 aromatic carbocycles. The molecule has 0 saturated heterocycles. The van der Waals surface area contributed by atoms with Crippen molar-refractivity contribution in [3.63, 3.8) is 0 Å². The number of Topliss-reactive ketones (excluding diaryl/α,β-unsaturated/α-hetero) is 1. The highest BCUT2D eigenvalue weighted by Crippen LogP contribution is 2.19. The van der Waals surface area contributed by atoms with E-state index >= 15 is 0 Å². The van der Waals surface area contributed by atoms with E-state index in [2.05, 4.69) is 0 Å². The van der Waals surface area contributed by atoms with E-state index in [4.69, 9.17) is 11.6 Å². The predicted octanol–water partition coefficient (Wildman–Crippen LogP) is 2.69. The number of ketones is 1. The van der Waals surface area contributed by atoms with Gasteiger partial charge in [-0.25, -0.2) is 8.42 Å². The summed E-state index contributed by atoms with van der Waals surface area (Å²) >= 11 is 7.16. The van der Waals surface area contributed by atoms with Crippen molar-refractivity contribution in [2.24, 2.45) is 0 Å². The van der Waals surface area contributed by atoms with Gasteiger partial charge in [-0.2, -0.15) is 0 Å². The van der Waals surface area contributed by atoms with Crippen molar-refractivity contribution in [1.82, 2.24) is 0 Å². The van der Waals surface area contributed by atoms with Gasteiger partial charge in [0.15, 0.2) is 5.78 Å². The normalized spacial score (nSPS) is 13.3.